The van der Waals surface area contributed by atoms with Gasteiger partial charge in [0.25, 0.3) is 0 Å². The van der Waals surface area contributed by atoms with Crippen molar-refractivity contribution in [3.8, 4) is 0 Å². The summed E-state index contributed by atoms with van der Waals surface area (Å²) in [5, 5.41) is 7.15. The summed E-state index contributed by atoms with van der Waals surface area (Å²) in [6, 6.07) is 2.02. The first-order chi connectivity index (χ1) is 10.1. The number of nitrogens with one attached hydrogen (secondary N) is 2. The molecule has 2 saturated heterocycles. The summed E-state index contributed by atoms with van der Waals surface area (Å²) < 4.78 is 0. The number of anilines is 2. The Morgan fingerprint density at radius 3 is 2.95 bits per heavy atom. The lowest BCUT2D eigenvalue weighted by Crippen LogP contribution is -2.54. The molecule has 0 aromatic carbocycles. The maximum atomic E-state index is 11.5. The van der Waals surface area contributed by atoms with Crippen LogP contribution in [0, 0.1) is 5.92 Å². The molecule has 0 saturated carbocycles. The predicted octanol–water partition coefficient (Wildman–Crippen LogP) is 2.54. The molecule has 2 unspecified atom stereocenters. The third-order valence-electron chi connectivity index (χ3n) is 4.27. The Balaban J connectivity index is 1.81. The first kappa shape index (κ1) is 14.7. The van der Waals surface area contributed by atoms with Crippen molar-refractivity contribution in [3.05, 3.63) is 16.1 Å². The van der Waals surface area contributed by atoms with Gasteiger partial charge in [-0.25, -0.2) is 4.98 Å². The zero-order chi connectivity index (χ0) is 15.0. The Bertz CT molecular complexity index is 566. The highest BCUT2D eigenvalue weighted by molar-refractivity contribution is 6.37. The Kier molecular flexibility index (Phi) is 4.13. The Morgan fingerprint density at radius 1 is 1.38 bits per heavy atom. The topological polar surface area (TPSA) is 57.3 Å². The second-order valence-corrected chi connectivity index (χ2v) is 6.40. The van der Waals surface area contributed by atoms with E-state index in [-0.39, 0.29) is 11.9 Å². The third kappa shape index (κ3) is 2.90. The maximum Gasteiger partial charge on any atom is 0.220 e. The molecule has 0 radical (unpaired) electrons. The maximum absolute atomic E-state index is 11.5. The molecule has 114 valence electrons. The number of hydrogen-bond donors (Lipinski definition) is 2. The highest BCUT2D eigenvalue weighted by atomic mass is 35.5. The second-order valence-electron chi connectivity index (χ2n) is 5.58. The number of rotatable bonds is 2. The minimum Gasteiger partial charge on any atom is -0.372 e. The fraction of sp³-hybridized carbons (Fsp3) is 0.571. The summed E-state index contributed by atoms with van der Waals surface area (Å²) in [6.07, 6.45) is 2.46. The number of halogens is 2. The smallest absolute Gasteiger partial charge is 0.220 e. The molecule has 2 atom stereocenters. The van der Waals surface area contributed by atoms with Gasteiger partial charge in [-0.3, -0.25) is 4.79 Å². The van der Waals surface area contributed by atoms with E-state index in [0.29, 0.717) is 28.2 Å². The fourth-order valence-electron chi connectivity index (χ4n) is 3.16. The molecule has 0 aliphatic carbocycles. The van der Waals surface area contributed by atoms with Gasteiger partial charge in [0.15, 0.2) is 0 Å². The molecule has 7 heteroatoms. The summed E-state index contributed by atoms with van der Waals surface area (Å²) in [6.45, 7) is 1.70. The minimum absolute atomic E-state index is 0.171. The molecule has 3 heterocycles. The first-order valence-electron chi connectivity index (χ1n) is 7.16. The van der Waals surface area contributed by atoms with Gasteiger partial charge >= 0.3 is 0 Å². The zero-order valence-corrected chi connectivity index (χ0v) is 13.3. The molecule has 1 amide bonds. The van der Waals surface area contributed by atoms with Gasteiger partial charge in [0.1, 0.15) is 11.6 Å². The number of hydrogen-bond acceptors (Lipinski definition) is 4. The summed E-state index contributed by atoms with van der Waals surface area (Å²) in [5.74, 6) is 2.03. The van der Waals surface area contributed by atoms with Gasteiger partial charge < -0.3 is 15.5 Å². The van der Waals surface area contributed by atoms with E-state index in [9.17, 15) is 4.79 Å². The fourth-order valence-corrected chi connectivity index (χ4v) is 3.73. The van der Waals surface area contributed by atoms with Crippen molar-refractivity contribution in [2.75, 3.05) is 30.4 Å². The van der Waals surface area contributed by atoms with Crippen LogP contribution in [0.3, 0.4) is 0 Å². The number of amides is 1. The molecule has 5 nitrogen and oxygen atoms in total. The minimum atomic E-state index is 0.171. The normalized spacial score (nSPS) is 25.3. The van der Waals surface area contributed by atoms with Gasteiger partial charge in [-0.1, -0.05) is 23.2 Å². The molecule has 2 aliphatic rings. The molecule has 21 heavy (non-hydrogen) atoms. The molecule has 0 bridgehead atoms. The molecule has 2 aliphatic heterocycles. The molecule has 0 spiro atoms. The lowest BCUT2D eigenvalue weighted by Gasteiger charge is -2.42. The van der Waals surface area contributed by atoms with Crippen LogP contribution in [-0.4, -0.2) is 37.1 Å². The van der Waals surface area contributed by atoms with Crippen LogP contribution in [0.1, 0.15) is 19.3 Å². The number of aromatic nitrogens is 1. The van der Waals surface area contributed by atoms with E-state index < -0.39 is 0 Å². The number of carbonyl (C=O) groups is 1. The quantitative estimate of drug-likeness (QED) is 0.875. The molecule has 1 aromatic heterocycles. The van der Waals surface area contributed by atoms with Gasteiger partial charge in [-0.2, -0.15) is 0 Å². The van der Waals surface area contributed by atoms with Crippen LogP contribution < -0.4 is 15.5 Å². The van der Waals surface area contributed by atoms with Gasteiger partial charge in [0.2, 0.25) is 5.91 Å². The number of piperidine rings is 2. The monoisotopic (exact) mass is 328 g/mol. The molecule has 3 rings (SSSR count). The number of carbonyl (C=O) groups excluding carboxylic acids is 1. The summed E-state index contributed by atoms with van der Waals surface area (Å²) in [4.78, 5) is 18.2. The molecular weight excluding hydrogens is 311 g/mol. The van der Waals surface area contributed by atoms with E-state index in [1.165, 1.54) is 0 Å². The van der Waals surface area contributed by atoms with Crippen LogP contribution in [0.5, 0.6) is 0 Å². The Labute approximate surface area is 134 Å². The molecule has 2 fully saturated rings. The van der Waals surface area contributed by atoms with Crippen molar-refractivity contribution < 1.29 is 4.79 Å². The average molecular weight is 329 g/mol. The van der Waals surface area contributed by atoms with Crippen molar-refractivity contribution >= 4 is 40.7 Å². The van der Waals surface area contributed by atoms with Crippen LogP contribution in [-0.2, 0) is 4.79 Å². The van der Waals surface area contributed by atoms with E-state index in [0.717, 1.165) is 31.7 Å². The number of nitrogens with zero attached hydrogens (tertiary/aromatic N) is 2. The van der Waals surface area contributed by atoms with Crippen molar-refractivity contribution in [2.45, 2.75) is 25.3 Å². The third-order valence-corrected chi connectivity index (χ3v) is 4.84. The van der Waals surface area contributed by atoms with E-state index in [1.54, 1.807) is 13.1 Å². The zero-order valence-electron chi connectivity index (χ0n) is 11.8. The average Bonchev–Trinajstić information content (AvgIpc) is 2.47. The molecule has 1 aromatic rings. The molecule has 2 N–H and O–H groups in total. The van der Waals surface area contributed by atoms with E-state index in [4.69, 9.17) is 23.2 Å². The predicted molar refractivity (Wildman–Crippen MR) is 85.3 cm³/mol. The van der Waals surface area contributed by atoms with E-state index >= 15 is 0 Å². The lowest BCUT2D eigenvalue weighted by atomic mass is 9.85. The van der Waals surface area contributed by atoms with Gasteiger partial charge in [0.05, 0.1) is 10.0 Å². The second kappa shape index (κ2) is 5.89. The highest BCUT2D eigenvalue weighted by Gasteiger charge is 2.34. The van der Waals surface area contributed by atoms with Crippen LogP contribution in [0.15, 0.2) is 6.07 Å². The highest BCUT2D eigenvalue weighted by Crippen LogP contribution is 2.35. The van der Waals surface area contributed by atoms with Crippen LogP contribution in [0.25, 0.3) is 0 Å². The largest absolute Gasteiger partial charge is 0.372 e. The first-order valence-corrected chi connectivity index (χ1v) is 7.92. The van der Waals surface area contributed by atoms with Crippen molar-refractivity contribution in [1.29, 1.82) is 0 Å². The Morgan fingerprint density at radius 2 is 2.19 bits per heavy atom. The standard InChI is InChI=1S/C14H18Cl2N4O/c1-17-13-9(15)6-10(16)14(19-13)20-5-4-11-8(7-20)2-3-12(21)18-11/h6,8,11H,2-5,7H2,1H3,(H,17,19)(H,18,21). The van der Waals surface area contributed by atoms with E-state index in [1.807, 2.05) is 0 Å². The van der Waals surface area contributed by atoms with Crippen molar-refractivity contribution in [1.82, 2.24) is 10.3 Å². The van der Waals surface area contributed by atoms with Gasteiger partial charge in [0, 0.05) is 32.6 Å². The number of fused-ring (bicyclic) bond motifs is 1. The number of pyridine rings is 1. The lowest BCUT2D eigenvalue weighted by molar-refractivity contribution is -0.124. The van der Waals surface area contributed by atoms with Crippen LogP contribution >= 0.6 is 23.2 Å². The van der Waals surface area contributed by atoms with Crippen LogP contribution in [0.4, 0.5) is 11.6 Å². The van der Waals surface area contributed by atoms with Crippen LogP contribution in [0.2, 0.25) is 10.0 Å². The van der Waals surface area contributed by atoms with Crippen molar-refractivity contribution in [3.63, 3.8) is 0 Å². The van der Waals surface area contributed by atoms with E-state index in [2.05, 4.69) is 20.5 Å². The van der Waals surface area contributed by atoms with Crippen molar-refractivity contribution in [2.24, 2.45) is 5.92 Å². The van der Waals surface area contributed by atoms with Gasteiger partial charge in [-0.15, -0.1) is 0 Å². The molecular formula is C14H18Cl2N4O. The Hall–Kier alpha value is -1.20. The summed E-state index contributed by atoms with van der Waals surface area (Å²) in [5.41, 5.74) is 0. The summed E-state index contributed by atoms with van der Waals surface area (Å²) in [7, 11) is 1.79. The van der Waals surface area contributed by atoms with Gasteiger partial charge in [-0.05, 0) is 24.8 Å². The summed E-state index contributed by atoms with van der Waals surface area (Å²) >= 11 is 12.4. The SMILES string of the molecule is CNc1nc(N2CCC3NC(=O)CCC3C2)c(Cl)cc1Cl.